The largest absolute Gasteiger partial charge is 0.352 e. The van der Waals surface area contributed by atoms with Gasteiger partial charge in [0.1, 0.15) is 0 Å². The van der Waals surface area contributed by atoms with Crippen molar-refractivity contribution in [1.82, 2.24) is 10.6 Å². The smallest absolute Gasteiger partial charge is 0.220 e. The van der Waals surface area contributed by atoms with Gasteiger partial charge in [-0.25, -0.2) is 0 Å². The molecule has 82 valence electrons. The first-order chi connectivity index (χ1) is 6.72. The third-order valence-corrected chi connectivity index (χ3v) is 2.79. The van der Waals surface area contributed by atoms with Crippen LogP contribution in [0.15, 0.2) is 0 Å². The Morgan fingerprint density at radius 2 is 2.43 bits per heavy atom. The van der Waals surface area contributed by atoms with Gasteiger partial charge >= 0.3 is 0 Å². The van der Waals surface area contributed by atoms with E-state index in [4.69, 9.17) is 0 Å². The predicted octanol–water partition coefficient (Wildman–Crippen LogP) is 1.43. The Hall–Kier alpha value is -0.570. The molecule has 0 aliphatic carbocycles. The van der Waals surface area contributed by atoms with Crippen molar-refractivity contribution in [3.63, 3.8) is 0 Å². The Morgan fingerprint density at radius 1 is 1.64 bits per heavy atom. The number of carbonyl (C=O) groups excluding carboxylic acids is 1. The van der Waals surface area contributed by atoms with Crippen molar-refractivity contribution in [2.75, 3.05) is 6.54 Å². The number of carbonyl (C=O) groups is 1. The van der Waals surface area contributed by atoms with E-state index in [1.165, 1.54) is 19.3 Å². The van der Waals surface area contributed by atoms with Crippen molar-refractivity contribution >= 4 is 5.91 Å². The molecule has 0 bridgehead atoms. The van der Waals surface area contributed by atoms with E-state index in [2.05, 4.69) is 24.5 Å². The number of amides is 1. The number of hydrogen-bond donors (Lipinski definition) is 2. The number of unbranched alkanes of at least 4 members (excludes halogenated alkanes) is 1. The normalized spacial score (nSPS) is 23.6. The highest BCUT2D eigenvalue weighted by molar-refractivity contribution is 5.78. The molecular formula is C11H22N2O. The van der Waals surface area contributed by atoms with Gasteiger partial charge < -0.3 is 10.6 Å². The molecule has 0 radical (unpaired) electrons. The Kier molecular flexibility index (Phi) is 4.94. The Labute approximate surface area is 86.6 Å². The summed E-state index contributed by atoms with van der Waals surface area (Å²) in [5.74, 6) is 0.206. The van der Waals surface area contributed by atoms with Crippen molar-refractivity contribution in [2.45, 2.75) is 58.0 Å². The van der Waals surface area contributed by atoms with Gasteiger partial charge in [-0.15, -0.1) is 0 Å². The monoisotopic (exact) mass is 198 g/mol. The van der Waals surface area contributed by atoms with Crippen LogP contribution in [0.5, 0.6) is 0 Å². The second-order valence-electron chi connectivity index (χ2n) is 4.25. The fourth-order valence-corrected chi connectivity index (χ4v) is 1.79. The maximum Gasteiger partial charge on any atom is 0.220 e. The van der Waals surface area contributed by atoms with Crippen LogP contribution in [0, 0.1) is 0 Å². The fraction of sp³-hybridized carbons (Fsp3) is 0.909. The summed E-state index contributed by atoms with van der Waals surface area (Å²) in [6.07, 6.45) is 5.47. The molecule has 0 saturated carbocycles. The lowest BCUT2D eigenvalue weighted by molar-refractivity contribution is -0.119. The minimum absolute atomic E-state index is 0.206. The third kappa shape index (κ3) is 4.09. The molecule has 1 heterocycles. The number of hydrogen-bond acceptors (Lipinski definition) is 2. The van der Waals surface area contributed by atoms with Gasteiger partial charge in [-0.05, 0) is 19.8 Å². The fourth-order valence-electron chi connectivity index (χ4n) is 1.79. The Morgan fingerprint density at radius 3 is 3.00 bits per heavy atom. The van der Waals surface area contributed by atoms with Crippen LogP contribution in [-0.4, -0.2) is 24.5 Å². The van der Waals surface area contributed by atoms with Crippen LogP contribution < -0.4 is 10.6 Å². The zero-order valence-corrected chi connectivity index (χ0v) is 9.31. The van der Waals surface area contributed by atoms with Gasteiger partial charge in [-0.2, -0.15) is 0 Å². The highest BCUT2D eigenvalue weighted by Gasteiger charge is 2.20. The summed E-state index contributed by atoms with van der Waals surface area (Å²) in [7, 11) is 0. The first-order valence-corrected chi connectivity index (χ1v) is 5.75. The molecule has 2 unspecified atom stereocenters. The summed E-state index contributed by atoms with van der Waals surface area (Å²) in [5.41, 5.74) is 0. The van der Waals surface area contributed by atoms with Crippen LogP contribution in [0.25, 0.3) is 0 Å². The van der Waals surface area contributed by atoms with E-state index in [1.807, 2.05) is 0 Å². The molecule has 1 fully saturated rings. The lowest BCUT2D eigenvalue weighted by Crippen LogP contribution is -2.39. The van der Waals surface area contributed by atoms with Crippen LogP contribution in [0.3, 0.4) is 0 Å². The van der Waals surface area contributed by atoms with Gasteiger partial charge in [0.15, 0.2) is 0 Å². The van der Waals surface area contributed by atoms with Crippen LogP contribution in [-0.2, 0) is 4.79 Å². The second-order valence-corrected chi connectivity index (χ2v) is 4.25. The molecule has 3 heteroatoms. The van der Waals surface area contributed by atoms with Gasteiger partial charge in [0.05, 0.1) is 0 Å². The minimum atomic E-state index is 0.206. The number of rotatable bonds is 6. The van der Waals surface area contributed by atoms with E-state index >= 15 is 0 Å². The molecule has 0 aromatic heterocycles. The molecule has 0 spiro atoms. The zero-order chi connectivity index (χ0) is 10.4. The highest BCUT2D eigenvalue weighted by Crippen LogP contribution is 2.06. The zero-order valence-electron chi connectivity index (χ0n) is 9.31. The summed E-state index contributed by atoms with van der Waals surface area (Å²) < 4.78 is 0. The summed E-state index contributed by atoms with van der Waals surface area (Å²) in [6, 6.07) is 0.944. The molecular weight excluding hydrogens is 176 g/mol. The lowest BCUT2D eigenvalue weighted by atomic mass is 10.1. The topological polar surface area (TPSA) is 41.1 Å². The molecule has 1 saturated heterocycles. The molecule has 1 aliphatic heterocycles. The van der Waals surface area contributed by atoms with Gasteiger partial charge in [-0.1, -0.05) is 19.8 Å². The highest BCUT2D eigenvalue weighted by atomic mass is 16.1. The van der Waals surface area contributed by atoms with E-state index in [9.17, 15) is 4.79 Å². The lowest BCUT2D eigenvalue weighted by Gasteiger charge is -2.16. The van der Waals surface area contributed by atoms with Crippen LogP contribution in [0.4, 0.5) is 0 Å². The van der Waals surface area contributed by atoms with E-state index < -0.39 is 0 Å². The maximum atomic E-state index is 10.9. The van der Waals surface area contributed by atoms with Crippen LogP contribution in [0.2, 0.25) is 0 Å². The average Bonchev–Trinajstić information content (AvgIpc) is 2.58. The van der Waals surface area contributed by atoms with Crippen LogP contribution in [0.1, 0.15) is 46.0 Å². The summed E-state index contributed by atoms with van der Waals surface area (Å²) in [6.45, 7) is 5.35. The van der Waals surface area contributed by atoms with E-state index in [0.717, 1.165) is 13.0 Å². The maximum absolute atomic E-state index is 10.9. The predicted molar refractivity (Wildman–Crippen MR) is 58.2 cm³/mol. The van der Waals surface area contributed by atoms with Crippen molar-refractivity contribution < 1.29 is 4.79 Å². The second kappa shape index (κ2) is 6.02. The van der Waals surface area contributed by atoms with Gasteiger partial charge in [0.2, 0.25) is 5.91 Å². The average molecular weight is 198 g/mol. The van der Waals surface area contributed by atoms with Gasteiger partial charge in [0.25, 0.3) is 0 Å². The molecule has 0 aromatic carbocycles. The van der Waals surface area contributed by atoms with Crippen molar-refractivity contribution in [1.29, 1.82) is 0 Å². The molecule has 0 aromatic rings. The summed E-state index contributed by atoms with van der Waals surface area (Å²) in [5, 5.41) is 6.43. The van der Waals surface area contributed by atoms with E-state index in [0.29, 0.717) is 18.5 Å². The Bertz CT molecular complexity index is 182. The molecule has 14 heavy (non-hydrogen) atoms. The standard InChI is InChI=1S/C11H22N2O/c1-3-4-5-9(2)12-8-10-6-7-11(14)13-10/h9-10,12H,3-8H2,1-2H3,(H,13,14). The summed E-state index contributed by atoms with van der Waals surface area (Å²) >= 11 is 0. The summed E-state index contributed by atoms with van der Waals surface area (Å²) in [4.78, 5) is 10.9. The SMILES string of the molecule is CCCCC(C)NCC1CCC(=O)N1. The van der Waals surface area contributed by atoms with Gasteiger partial charge in [-0.3, -0.25) is 4.79 Å². The Balaban J connectivity index is 2.05. The van der Waals surface area contributed by atoms with Crippen molar-refractivity contribution in [3.05, 3.63) is 0 Å². The van der Waals surface area contributed by atoms with Crippen molar-refractivity contribution in [2.24, 2.45) is 0 Å². The van der Waals surface area contributed by atoms with E-state index in [-0.39, 0.29) is 5.91 Å². The molecule has 2 N–H and O–H groups in total. The van der Waals surface area contributed by atoms with Crippen molar-refractivity contribution in [3.8, 4) is 0 Å². The number of nitrogens with one attached hydrogen (secondary N) is 2. The first-order valence-electron chi connectivity index (χ1n) is 5.75. The molecule has 2 atom stereocenters. The molecule has 1 amide bonds. The van der Waals surface area contributed by atoms with Gasteiger partial charge in [0, 0.05) is 25.0 Å². The van der Waals surface area contributed by atoms with Crippen LogP contribution >= 0.6 is 0 Å². The molecule has 3 nitrogen and oxygen atoms in total. The minimum Gasteiger partial charge on any atom is -0.352 e. The first kappa shape index (κ1) is 11.5. The quantitative estimate of drug-likeness (QED) is 0.678. The molecule has 1 rings (SSSR count). The third-order valence-electron chi connectivity index (χ3n) is 2.79. The molecule has 1 aliphatic rings. The van der Waals surface area contributed by atoms with E-state index in [1.54, 1.807) is 0 Å².